The van der Waals surface area contributed by atoms with Gasteiger partial charge in [0.15, 0.2) is 10.8 Å². The maximum absolute atomic E-state index is 13.3. The Kier molecular flexibility index (Phi) is 6.44. The molecule has 1 unspecified atom stereocenters. The number of carbonyl (C=O) groups excluding carboxylic acids is 1. The van der Waals surface area contributed by atoms with Crippen LogP contribution in [0.15, 0.2) is 58.5 Å². The van der Waals surface area contributed by atoms with Crippen LogP contribution in [-0.2, 0) is 14.6 Å². The average molecular weight is 503 g/mol. The minimum Gasteiger partial charge on any atom is -0.444 e. The quantitative estimate of drug-likeness (QED) is 0.516. The van der Waals surface area contributed by atoms with Gasteiger partial charge in [0.1, 0.15) is 5.60 Å². The summed E-state index contributed by atoms with van der Waals surface area (Å²) >= 11 is 5.92. The molecule has 8 nitrogen and oxygen atoms in total. The molecule has 0 aliphatic carbocycles. The standard InChI is InChI=1S/C24H27ClN4O4S/c1-24(2,3)33-23(30)28(4)17-13-14-29(15-17)21-19-7-5-6-8-20(19)22(27-26-21)34(31,32)18-11-9-16(25)10-12-18/h5-12,17H,13-15H2,1-4H3. The number of benzene rings is 2. The van der Waals surface area contributed by atoms with E-state index in [0.29, 0.717) is 34.7 Å². The molecule has 2 heterocycles. The number of likely N-dealkylation sites (N-methyl/N-ethyl adjacent to an activating group) is 1. The number of carbonyl (C=O) groups is 1. The Morgan fingerprint density at radius 3 is 2.38 bits per heavy atom. The third-order valence-electron chi connectivity index (χ3n) is 5.70. The molecular weight excluding hydrogens is 476 g/mol. The van der Waals surface area contributed by atoms with Crippen molar-refractivity contribution in [2.24, 2.45) is 0 Å². The zero-order valence-electron chi connectivity index (χ0n) is 19.5. The molecule has 0 bridgehead atoms. The van der Waals surface area contributed by atoms with Gasteiger partial charge < -0.3 is 14.5 Å². The van der Waals surface area contributed by atoms with Crippen LogP contribution in [0.1, 0.15) is 27.2 Å². The third kappa shape index (κ3) is 4.81. The Balaban J connectivity index is 1.65. The number of aromatic nitrogens is 2. The minimum absolute atomic E-state index is 0.0621. The summed E-state index contributed by atoms with van der Waals surface area (Å²) in [6.45, 7) is 6.70. The fourth-order valence-electron chi connectivity index (χ4n) is 3.96. The van der Waals surface area contributed by atoms with Crippen LogP contribution in [0, 0.1) is 0 Å². The summed E-state index contributed by atoms with van der Waals surface area (Å²) in [5, 5.41) is 10.0. The lowest BCUT2D eigenvalue weighted by Crippen LogP contribution is -2.42. The van der Waals surface area contributed by atoms with Crippen molar-refractivity contribution in [2.45, 2.75) is 48.8 Å². The first-order valence-corrected chi connectivity index (χ1v) is 12.8. The molecule has 0 saturated carbocycles. The number of fused-ring (bicyclic) bond motifs is 1. The fourth-order valence-corrected chi connectivity index (χ4v) is 5.42. The highest BCUT2D eigenvalue weighted by atomic mass is 35.5. The number of amides is 1. The highest BCUT2D eigenvalue weighted by molar-refractivity contribution is 7.91. The van der Waals surface area contributed by atoms with Crippen LogP contribution >= 0.6 is 11.6 Å². The van der Waals surface area contributed by atoms with Gasteiger partial charge in [0.05, 0.1) is 10.9 Å². The van der Waals surface area contributed by atoms with Gasteiger partial charge in [0.2, 0.25) is 9.84 Å². The van der Waals surface area contributed by atoms with Crippen LogP contribution < -0.4 is 4.90 Å². The van der Waals surface area contributed by atoms with Crippen LogP contribution in [0.5, 0.6) is 0 Å². The van der Waals surface area contributed by atoms with E-state index < -0.39 is 15.4 Å². The van der Waals surface area contributed by atoms with Crippen molar-refractivity contribution in [3.63, 3.8) is 0 Å². The predicted octanol–water partition coefficient (Wildman–Crippen LogP) is 4.56. The molecule has 4 rings (SSSR count). The second kappa shape index (κ2) is 9.03. The fraction of sp³-hybridized carbons (Fsp3) is 0.375. The molecule has 0 N–H and O–H groups in total. The largest absolute Gasteiger partial charge is 0.444 e. The van der Waals surface area contributed by atoms with Crippen LogP contribution in [0.4, 0.5) is 10.6 Å². The topological polar surface area (TPSA) is 92.7 Å². The van der Waals surface area contributed by atoms with Gasteiger partial charge in [-0.25, -0.2) is 13.2 Å². The van der Waals surface area contributed by atoms with E-state index in [2.05, 4.69) is 10.2 Å². The maximum Gasteiger partial charge on any atom is 0.410 e. The molecule has 2 aromatic carbocycles. The first kappa shape index (κ1) is 24.2. The molecule has 1 amide bonds. The van der Waals surface area contributed by atoms with Gasteiger partial charge >= 0.3 is 6.09 Å². The van der Waals surface area contributed by atoms with E-state index in [1.54, 1.807) is 24.1 Å². The lowest BCUT2D eigenvalue weighted by molar-refractivity contribution is 0.0238. The second-order valence-electron chi connectivity index (χ2n) is 9.31. The van der Waals surface area contributed by atoms with Gasteiger partial charge in [-0.1, -0.05) is 35.9 Å². The van der Waals surface area contributed by atoms with E-state index in [-0.39, 0.29) is 22.1 Å². The van der Waals surface area contributed by atoms with Crippen molar-refractivity contribution in [3.8, 4) is 0 Å². The predicted molar refractivity (Wildman–Crippen MR) is 131 cm³/mol. The van der Waals surface area contributed by atoms with Gasteiger partial charge in [-0.05, 0) is 51.5 Å². The highest BCUT2D eigenvalue weighted by Gasteiger charge is 2.33. The number of nitrogens with zero attached hydrogens (tertiary/aromatic N) is 4. The van der Waals surface area contributed by atoms with E-state index in [0.717, 1.165) is 6.42 Å². The summed E-state index contributed by atoms with van der Waals surface area (Å²) in [5.74, 6) is 0.589. The smallest absolute Gasteiger partial charge is 0.410 e. The number of anilines is 1. The van der Waals surface area contributed by atoms with Crippen molar-refractivity contribution >= 4 is 44.1 Å². The molecule has 1 aliphatic rings. The summed E-state index contributed by atoms with van der Waals surface area (Å²) < 4.78 is 32.1. The average Bonchev–Trinajstić information content (AvgIpc) is 3.27. The van der Waals surface area contributed by atoms with Crippen LogP contribution in [-0.4, -0.2) is 61.4 Å². The molecule has 180 valence electrons. The molecular formula is C24H27ClN4O4S. The Morgan fingerprint density at radius 1 is 1.09 bits per heavy atom. The number of ether oxygens (including phenoxy) is 1. The second-order valence-corrected chi connectivity index (χ2v) is 11.6. The van der Waals surface area contributed by atoms with Crippen molar-refractivity contribution in [1.82, 2.24) is 15.1 Å². The lowest BCUT2D eigenvalue weighted by Gasteiger charge is -2.28. The summed E-state index contributed by atoms with van der Waals surface area (Å²) in [6, 6.07) is 13.1. The molecule has 3 aromatic rings. The van der Waals surface area contributed by atoms with Gasteiger partial charge in [-0.15, -0.1) is 10.2 Å². The van der Waals surface area contributed by atoms with E-state index in [1.165, 1.54) is 24.3 Å². The van der Waals surface area contributed by atoms with E-state index in [4.69, 9.17) is 16.3 Å². The molecule has 1 aliphatic heterocycles. The van der Waals surface area contributed by atoms with Crippen molar-refractivity contribution < 1.29 is 17.9 Å². The van der Waals surface area contributed by atoms with Gasteiger partial charge in [-0.2, -0.15) is 0 Å². The third-order valence-corrected chi connectivity index (χ3v) is 7.66. The number of halogens is 1. The normalized spacial score (nSPS) is 16.6. The molecule has 0 spiro atoms. The van der Waals surface area contributed by atoms with E-state index in [9.17, 15) is 13.2 Å². The van der Waals surface area contributed by atoms with Gasteiger partial charge in [0, 0.05) is 35.9 Å². The lowest BCUT2D eigenvalue weighted by atomic mass is 10.2. The summed E-state index contributed by atoms with van der Waals surface area (Å²) in [6.07, 6.45) is 0.357. The Hall–Kier alpha value is -2.91. The summed E-state index contributed by atoms with van der Waals surface area (Å²) in [7, 11) is -2.17. The molecule has 34 heavy (non-hydrogen) atoms. The SMILES string of the molecule is CN(C(=O)OC(C)(C)C)C1CCN(c2nnc(S(=O)(=O)c3ccc(Cl)cc3)c3ccccc23)C1. The highest BCUT2D eigenvalue weighted by Crippen LogP contribution is 2.33. The zero-order chi connectivity index (χ0) is 24.7. The Labute approximate surface area is 204 Å². The van der Waals surface area contributed by atoms with E-state index >= 15 is 0 Å². The molecule has 1 aromatic heterocycles. The van der Waals surface area contributed by atoms with Crippen LogP contribution in [0.25, 0.3) is 10.8 Å². The Bertz CT molecular complexity index is 1320. The van der Waals surface area contributed by atoms with Gasteiger partial charge in [0.25, 0.3) is 0 Å². The van der Waals surface area contributed by atoms with E-state index in [1.807, 2.05) is 37.8 Å². The van der Waals surface area contributed by atoms with Crippen molar-refractivity contribution in [3.05, 3.63) is 53.6 Å². The minimum atomic E-state index is -3.90. The maximum atomic E-state index is 13.3. The van der Waals surface area contributed by atoms with Crippen molar-refractivity contribution in [1.29, 1.82) is 0 Å². The number of hydrogen-bond acceptors (Lipinski definition) is 7. The number of hydrogen-bond donors (Lipinski definition) is 0. The van der Waals surface area contributed by atoms with Gasteiger partial charge in [-0.3, -0.25) is 0 Å². The summed E-state index contributed by atoms with van der Waals surface area (Å²) in [4.78, 5) is 16.2. The monoisotopic (exact) mass is 502 g/mol. The molecule has 10 heteroatoms. The first-order valence-electron chi connectivity index (χ1n) is 10.9. The molecule has 1 atom stereocenters. The molecule has 1 saturated heterocycles. The van der Waals surface area contributed by atoms with Crippen molar-refractivity contribution in [2.75, 3.05) is 25.0 Å². The summed E-state index contributed by atoms with van der Waals surface area (Å²) in [5.41, 5.74) is -0.573. The number of rotatable bonds is 4. The molecule has 0 radical (unpaired) electrons. The first-order chi connectivity index (χ1) is 16.0. The molecule has 1 fully saturated rings. The Morgan fingerprint density at radius 2 is 1.74 bits per heavy atom. The van der Waals surface area contributed by atoms with Crippen LogP contribution in [0.2, 0.25) is 5.02 Å². The van der Waals surface area contributed by atoms with Crippen LogP contribution in [0.3, 0.4) is 0 Å². The number of sulfone groups is 1. The zero-order valence-corrected chi connectivity index (χ0v) is 21.1.